The summed E-state index contributed by atoms with van der Waals surface area (Å²) < 4.78 is 0. The number of hydrogen-bond acceptors (Lipinski definition) is 3. The molecule has 1 N–H and O–H groups in total. The van der Waals surface area contributed by atoms with Crippen molar-refractivity contribution in [2.45, 2.75) is 0 Å². The van der Waals surface area contributed by atoms with Crippen molar-refractivity contribution in [3.8, 4) is 0 Å². The van der Waals surface area contributed by atoms with Crippen molar-refractivity contribution in [3.63, 3.8) is 0 Å². The maximum Gasteiger partial charge on any atom is 0.271 e. The molecular weight excluding hydrogens is 170 g/mol. The number of aliphatic hydroxyl groups is 1. The molecule has 0 aromatic heterocycles. The first-order valence-electron chi connectivity index (χ1n) is 3.75. The monoisotopic (exact) mass is 179 g/mol. The van der Waals surface area contributed by atoms with E-state index in [1.165, 1.54) is 6.08 Å². The molecule has 0 fully saturated rings. The third-order valence-corrected chi connectivity index (χ3v) is 1.53. The van der Waals surface area contributed by atoms with E-state index in [0.29, 0.717) is 5.56 Å². The quantitative estimate of drug-likeness (QED) is 0.561. The molecule has 4 heteroatoms. The minimum absolute atomic E-state index is 0.203. The average Bonchev–Trinajstić information content (AvgIpc) is 2.15. The van der Waals surface area contributed by atoms with Gasteiger partial charge >= 0.3 is 0 Å². The highest BCUT2D eigenvalue weighted by Crippen LogP contribution is 2.05. The molecule has 1 rings (SSSR count). The molecule has 0 aliphatic carbocycles. The second kappa shape index (κ2) is 4.37. The van der Waals surface area contributed by atoms with Crippen LogP contribution in [0.2, 0.25) is 0 Å². The molecule has 0 heterocycles. The fraction of sp³-hybridized carbons (Fsp3) is 0.111. The summed E-state index contributed by atoms with van der Waals surface area (Å²) in [4.78, 5) is 9.72. The van der Waals surface area contributed by atoms with E-state index in [1.807, 2.05) is 6.07 Å². The van der Waals surface area contributed by atoms with Gasteiger partial charge in [0.1, 0.15) is 6.61 Å². The van der Waals surface area contributed by atoms with Gasteiger partial charge in [0, 0.05) is 6.08 Å². The molecule has 0 bridgehead atoms. The summed E-state index contributed by atoms with van der Waals surface area (Å²) in [5.74, 6) is 0. The first-order valence-corrected chi connectivity index (χ1v) is 3.75. The topological polar surface area (TPSA) is 63.4 Å². The molecule has 0 saturated heterocycles. The Hall–Kier alpha value is -1.68. The molecule has 0 aliphatic rings. The summed E-state index contributed by atoms with van der Waals surface area (Å²) in [5, 5.41) is 19.0. The zero-order valence-electron chi connectivity index (χ0n) is 6.88. The van der Waals surface area contributed by atoms with Crippen LogP contribution in [0.1, 0.15) is 5.56 Å². The highest BCUT2D eigenvalue weighted by atomic mass is 16.6. The Morgan fingerprint density at radius 1 is 1.46 bits per heavy atom. The number of rotatable bonds is 3. The maximum atomic E-state index is 10.3. The van der Waals surface area contributed by atoms with Gasteiger partial charge in [0.15, 0.2) is 0 Å². The van der Waals surface area contributed by atoms with Gasteiger partial charge in [-0.1, -0.05) is 30.3 Å². The lowest BCUT2D eigenvalue weighted by atomic mass is 10.2. The molecule has 0 unspecified atom stereocenters. The van der Waals surface area contributed by atoms with Crippen LogP contribution in [0.15, 0.2) is 36.0 Å². The van der Waals surface area contributed by atoms with E-state index in [9.17, 15) is 10.1 Å². The highest BCUT2D eigenvalue weighted by Gasteiger charge is 2.07. The van der Waals surface area contributed by atoms with E-state index in [2.05, 4.69) is 0 Å². The Labute approximate surface area is 75.3 Å². The standard InChI is InChI=1S/C9H9NO3/c11-7-9(10(12)13)6-8-4-2-1-3-5-8/h1-6,11H,7H2. The molecule has 68 valence electrons. The molecule has 13 heavy (non-hydrogen) atoms. The van der Waals surface area contributed by atoms with Crippen molar-refractivity contribution in [2.24, 2.45) is 0 Å². The fourth-order valence-corrected chi connectivity index (χ4v) is 0.898. The van der Waals surface area contributed by atoms with Gasteiger partial charge in [-0.15, -0.1) is 0 Å². The van der Waals surface area contributed by atoms with Gasteiger partial charge in [0.25, 0.3) is 5.70 Å². The molecule has 0 spiro atoms. The Morgan fingerprint density at radius 2 is 2.08 bits per heavy atom. The molecule has 0 amide bonds. The highest BCUT2D eigenvalue weighted by molar-refractivity contribution is 5.50. The van der Waals surface area contributed by atoms with E-state index in [1.54, 1.807) is 24.3 Å². The van der Waals surface area contributed by atoms with Crippen LogP contribution >= 0.6 is 0 Å². The number of nitro groups is 1. The third-order valence-electron chi connectivity index (χ3n) is 1.53. The number of nitrogens with zero attached hydrogens (tertiary/aromatic N) is 1. The third kappa shape index (κ3) is 2.68. The summed E-state index contributed by atoms with van der Waals surface area (Å²) in [6.45, 7) is -0.554. The van der Waals surface area contributed by atoms with Crippen LogP contribution in [0.5, 0.6) is 0 Å². The minimum atomic E-state index is -0.590. The fourth-order valence-electron chi connectivity index (χ4n) is 0.898. The van der Waals surface area contributed by atoms with Crippen LogP contribution < -0.4 is 0 Å². The second-order valence-corrected chi connectivity index (χ2v) is 2.46. The summed E-state index contributed by atoms with van der Waals surface area (Å²) in [7, 11) is 0. The maximum absolute atomic E-state index is 10.3. The van der Waals surface area contributed by atoms with Crippen molar-refractivity contribution in [1.82, 2.24) is 0 Å². The Balaban J connectivity index is 2.92. The molecule has 1 aromatic carbocycles. The number of benzene rings is 1. The van der Waals surface area contributed by atoms with E-state index >= 15 is 0 Å². The smallest absolute Gasteiger partial charge is 0.271 e. The lowest BCUT2D eigenvalue weighted by Gasteiger charge is -1.93. The van der Waals surface area contributed by atoms with Crippen molar-refractivity contribution < 1.29 is 10.0 Å². The van der Waals surface area contributed by atoms with Gasteiger partial charge in [-0.2, -0.15) is 0 Å². The van der Waals surface area contributed by atoms with E-state index in [-0.39, 0.29) is 5.70 Å². The average molecular weight is 179 g/mol. The summed E-state index contributed by atoms with van der Waals surface area (Å²) in [6.07, 6.45) is 1.35. The summed E-state index contributed by atoms with van der Waals surface area (Å²) >= 11 is 0. The molecule has 0 atom stereocenters. The molecule has 1 aromatic rings. The van der Waals surface area contributed by atoms with Crippen LogP contribution in [0.3, 0.4) is 0 Å². The lowest BCUT2D eigenvalue weighted by Crippen LogP contribution is -2.02. The number of aliphatic hydroxyl groups excluding tert-OH is 1. The zero-order chi connectivity index (χ0) is 9.68. The van der Waals surface area contributed by atoms with Crippen LogP contribution in [0.25, 0.3) is 6.08 Å². The first kappa shape index (κ1) is 9.41. The Morgan fingerprint density at radius 3 is 2.54 bits per heavy atom. The van der Waals surface area contributed by atoms with Gasteiger partial charge in [-0.3, -0.25) is 10.1 Å². The van der Waals surface area contributed by atoms with Crippen LogP contribution in [-0.4, -0.2) is 16.6 Å². The van der Waals surface area contributed by atoms with Crippen LogP contribution in [0.4, 0.5) is 0 Å². The zero-order valence-corrected chi connectivity index (χ0v) is 6.88. The molecular formula is C9H9NO3. The number of hydrogen-bond donors (Lipinski definition) is 1. The largest absolute Gasteiger partial charge is 0.385 e. The van der Waals surface area contributed by atoms with Gasteiger partial charge in [0.05, 0.1) is 4.92 Å². The first-order chi connectivity index (χ1) is 6.24. The molecule has 0 aliphatic heterocycles. The minimum Gasteiger partial charge on any atom is -0.385 e. The van der Waals surface area contributed by atoms with Crippen LogP contribution in [0, 0.1) is 10.1 Å². The van der Waals surface area contributed by atoms with Crippen LogP contribution in [-0.2, 0) is 0 Å². The van der Waals surface area contributed by atoms with Gasteiger partial charge in [0.2, 0.25) is 0 Å². The molecule has 4 nitrogen and oxygen atoms in total. The summed E-state index contributed by atoms with van der Waals surface area (Å²) in [6, 6.07) is 8.85. The Bertz CT molecular complexity index is 319. The second-order valence-electron chi connectivity index (χ2n) is 2.46. The molecule has 0 saturated carbocycles. The SMILES string of the molecule is O=[N+]([O-])C(=Cc1ccccc1)CO. The predicted molar refractivity (Wildman–Crippen MR) is 48.5 cm³/mol. The van der Waals surface area contributed by atoms with Crippen molar-refractivity contribution >= 4 is 6.08 Å². The van der Waals surface area contributed by atoms with E-state index in [4.69, 9.17) is 5.11 Å². The normalized spacial score (nSPS) is 11.3. The predicted octanol–water partition coefficient (Wildman–Crippen LogP) is 1.30. The van der Waals surface area contributed by atoms with Gasteiger partial charge < -0.3 is 5.11 Å². The van der Waals surface area contributed by atoms with E-state index < -0.39 is 11.5 Å². The van der Waals surface area contributed by atoms with Crippen molar-refractivity contribution in [1.29, 1.82) is 0 Å². The van der Waals surface area contributed by atoms with E-state index in [0.717, 1.165) is 0 Å². The van der Waals surface area contributed by atoms with Crippen molar-refractivity contribution in [3.05, 3.63) is 51.7 Å². The summed E-state index contributed by atoms with van der Waals surface area (Å²) in [5.41, 5.74) is 0.509. The Kier molecular flexibility index (Phi) is 3.16. The van der Waals surface area contributed by atoms with Crippen molar-refractivity contribution in [2.75, 3.05) is 6.61 Å². The van der Waals surface area contributed by atoms with Gasteiger partial charge in [-0.05, 0) is 5.56 Å². The lowest BCUT2D eigenvalue weighted by molar-refractivity contribution is -0.428. The van der Waals surface area contributed by atoms with Gasteiger partial charge in [-0.25, -0.2) is 0 Å². The molecule has 0 radical (unpaired) electrons.